The molecule has 4 aromatic carbocycles. The highest BCUT2D eigenvalue weighted by atomic mass is 28.3. The van der Waals surface area contributed by atoms with E-state index >= 15 is 0 Å². The molecule has 5 aromatic rings. The van der Waals surface area contributed by atoms with Crippen molar-refractivity contribution in [2.45, 2.75) is 32.4 Å². The van der Waals surface area contributed by atoms with Crippen LogP contribution in [0.5, 0.6) is 0 Å². The summed E-state index contributed by atoms with van der Waals surface area (Å²) in [5.41, 5.74) is 6.19. The van der Waals surface area contributed by atoms with E-state index in [1.165, 1.54) is 50.1 Å². The summed E-state index contributed by atoms with van der Waals surface area (Å²) in [5.74, 6) is 0. The lowest BCUT2D eigenvalue weighted by atomic mass is 9.94. The number of ether oxygens (including phenoxy) is 1. The summed E-state index contributed by atoms with van der Waals surface area (Å²) >= 11 is 0. The largest absolute Gasteiger partial charge is 0.361 e. The molecular weight excluding hydrogens is 418 g/mol. The average Bonchev–Trinajstić information content (AvgIpc) is 3.19. The van der Waals surface area contributed by atoms with Crippen LogP contribution in [0.25, 0.3) is 44.1 Å². The Kier molecular flexibility index (Phi) is 5.92. The molecule has 0 N–H and O–H groups in total. The van der Waals surface area contributed by atoms with Crippen molar-refractivity contribution in [3.8, 4) is 22.4 Å². The van der Waals surface area contributed by atoms with Crippen molar-refractivity contribution in [2.75, 3.05) is 6.61 Å². The van der Waals surface area contributed by atoms with Gasteiger partial charge < -0.3 is 9.30 Å². The first-order valence-electron chi connectivity index (χ1n) is 11.7. The predicted molar refractivity (Wildman–Crippen MR) is 144 cm³/mol. The third-order valence-corrected chi connectivity index (χ3v) is 8.02. The minimum atomic E-state index is -1.12. The molecule has 0 aliphatic rings. The number of para-hydroxylation sites is 1. The normalized spacial score (nSPS) is 12.0. The highest BCUT2D eigenvalue weighted by molar-refractivity contribution is 6.76. The Bertz CT molecular complexity index is 1400. The molecule has 1 heterocycles. The Morgan fingerprint density at radius 2 is 1.33 bits per heavy atom. The molecular formula is C30H31NOSi. The van der Waals surface area contributed by atoms with Gasteiger partial charge in [0.05, 0.1) is 11.2 Å². The second-order valence-corrected chi connectivity index (χ2v) is 15.6. The van der Waals surface area contributed by atoms with Crippen LogP contribution >= 0.6 is 0 Å². The van der Waals surface area contributed by atoms with Crippen LogP contribution in [-0.2, 0) is 11.5 Å². The maximum atomic E-state index is 6.23. The number of nitrogens with zero attached hydrogens (tertiary/aromatic N) is 1. The molecule has 5 rings (SSSR count). The van der Waals surface area contributed by atoms with E-state index in [-0.39, 0.29) is 0 Å². The van der Waals surface area contributed by atoms with Crippen LogP contribution < -0.4 is 0 Å². The van der Waals surface area contributed by atoms with Gasteiger partial charge in [-0.1, -0.05) is 105 Å². The zero-order valence-electron chi connectivity index (χ0n) is 19.7. The smallest absolute Gasteiger partial charge is 0.123 e. The molecule has 0 fully saturated rings. The van der Waals surface area contributed by atoms with E-state index in [4.69, 9.17) is 4.74 Å². The molecule has 0 aliphatic heterocycles. The number of rotatable bonds is 7. The van der Waals surface area contributed by atoms with Crippen molar-refractivity contribution >= 4 is 29.7 Å². The van der Waals surface area contributed by atoms with E-state index in [2.05, 4.69) is 121 Å². The van der Waals surface area contributed by atoms with Crippen molar-refractivity contribution in [1.29, 1.82) is 0 Å². The first-order chi connectivity index (χ1) is 16.0. The minimum absolute atomic E-state index is 0.572. The fraction of sp³-hybridized carbons (Fsp3) is 0.200. The van der Waals surface area contributed by atoms with Gasteiger partial charge in [-0.15, -0.1) is 0 Å². The quantitative estimate of drug-likeness (QED) is 0.180. The molecule has 166 valence electrons. The summed E-state index contributed by atoms with van der Waals surface area (Å²) in [6.07, 6.45) is 0. The second kappa shape index (κ2) is 9.01. The van der Waals surface area contributed by atoms with Crippen molar-refractivity contribution in [1.82, 2.24) is 4.57 Å². The van der Waals surface area contributed by atoms with Gasteiger partial charge in [0.1, 0.15) is 6.73 Å². The third-order valence-electron chi connectivity index (χ3n) is 6.31. The lowest BCUT2D eigenvalue weighted by molar-refractivity contribution is 0.0913. The Hall–Kier alpha value is -3.14. The summed E-state index contributed by atoms with van der Waals surface area (Å²) in [6, 6.07) is 36.0. The Balaban J connectivity index is 1.61. The molecule has 0 unspecified atom stereocenters. The summed E-state index contributed by atoms with van der Waals surface area (Å²) in [6.45, 7) is 8.57. The molecule has 0 amide bonds. The van der Waals surface area contributed by atoms with Crippen molar-refractivity contribution in [3.05, 3.63) is 97.1 Å². The number of fused-ring (bicyclic) bond motifs is 2. The van der Waals surface area contributed by atoms with Gasteiger partial charge in [-0.25, -0.2) is 0 Å². The van der Waals surface area contributed by atoms with Crippen molar-refractivity contribution in [2.24, 2.45) is 0 Å². The van der Waals surface area contributed by atoms with Crippen molar-refractivity contribution < 1.29 is 4.74 Å². The van der Waals surface area contributed by atoms with E-state index in [1.807, 2.05) is 0 Å². The van der Waals surface area contributed by atoms with Gasteiger partial charge in [-0.2, -0.15) is 0 Å². The average molecular weight is 450 g/mol. The summed E-state index contributed by atoms with van der Waals surface area (Å²) in [4.78, 5) is 0. The first-order valence-corrected chi connectivity index (χ1v) is 15.5. The summed E-state index contributed by atoms with van der Waals surface area (Å²) < 4.78 is 8.56. The summed E-state index contributed by atoms with van der Waals surface area (Å²) in [5, 5.41) is 3.79. The predicted octanol–water partition coefficient (Wildman–Crippen LogP) is 8.44. The van der Waals surface area contributed by atoms with Gasteiger partial charge in [-0.3, -0.25) is 0 Å². The molecule has 1 aromatic heterocycles. The Morgan fingerprint density at radius 3 is 2.09 bits per heavy atom. The van der Waals surface area contributed by atoms with Crippen molar-refractivity contribution in [3.63, 3.8) is 0 Å². The number of aromatic nitrogens is 1. The Labute approximate surface area is 197 Å². The molecule has 0 saturated heterocycles. The van der Waals surface area contributed by atoms with E-state index in [0.29, 0.717) is 6.73 Å². The summed E-state index contributed by atoms with van der Waals surface area (Å²) in [7, 11) is -1.12. The lowest BCUT2D eigenvalue weighted by Crippen LogP contribution is -2.22. The lowest BCUT2D eigenvalue weighted by Gasteiger charge is -2.18. The van der Waals surface area contributed by atoms with Crippen LogP contribution in [0.2, 0.25) is 25.7 Å². The van der Waals surface area contributed by atoms with Gasteiger partial charge in [0, 0.05) is 25.6 Å². The molecule has 33 heavy (non-hydrogen) atoms. The fourth-order valence-corrected chi connectivity index (χ4v) is 5.26. The molecule has 0 bridgehead atoms. The zero-order chi connectivity index (χ0) is 22.8. The zero-order valence-corrected chi connectivity index (χ0v) is 20.7. The molecule has 0 aliphatic carbocycles. The van der Waals surface area contributed by atoms with Crippen LogP contribution in [0.1, 0.15) is 0 Å². The van der Waals surface area contributed by atoms with Crippen LogP contribution in [0.4, 0.5) is 0 Å². The highest BCUT2D eigenvalue weighted by Crippen LogP contribution is 2.37. The second-order valence-electron chi connectivity index (χ2n) is 9.94. The van der Waals surface area contributed by atoms with Crippen LogP contribution in [0.3, 0.4) is 0 Å². The minimum Gasteiger partial charge on any atom is -0.361 e. The Morgan fingerprint density at radius 1 is 0.697 bits per heavy atom. The standard InChI is InChI=1S/C30H31NOSi/c1-33(2,3)20-19-32-22-31-29-16-10-7-13-24(29)21-30(31)28-18-17-25(23-11-5-4-6-12-23)26-14-8-9-15-27(26)28/h4-18,21H,19-20,22H2,1-3H3. The maximum absolute atomic E-state index is 6.23. The van der Waals surface area contributed by atoms with Gasteiger partial charge in [0.15, 0.2) is 0 Å². The van der Waals surface area contributed by atoms with E-state index in [1.54, 1.807) is 0 Å². The van der Waals surface area contributed by atoms with E-state index in [0.717, 1.165) is 6.61 Å². The third kappa shape index (κ3) is 4.52. The number of benzene rings is 4. The van der Waals surface area contributed by atoms with Crippen LogP contribution in [0.15, 0.2) is 97.1 Å². The highest BCUT2D eigenvalue weighted by Gasteiger charge is 2.16. The molecule has 2 nitrogen and oxygen atoms in total. The molecule has 0 radical (unpaired) electrons. The number of hydrogen-bond donors (Lipinski definition) is 0. The fourth-order valence-electron chi connectivity index (χ4n) is 4.50. The maximum Gasteiger partial charge on any atom is 0.123 e. The van der Waals surface area contributed by atoms with E-state index in [9.17, 15) is 0 Å². The number of hydrogen-bond acceptors (Lipinski definition) is 1. The first kappa shape index (κ1) is 21.7. The SMILES string of the molecule is C[Si](C)(C)CCOCn1c(-c2ccc(-c3ccccc3)c3ccccc23)cc2ccccc21. The van der Waals surface area contributed by atoms with E-state index < -0.39 is 8.07 Å². The van der Waals surface area contributed by atoms with Gasteiger partial charge >= 0.3 is 0 Å². The molecule has 0 spiro atoms. The van der Waals surface area contributed by atoms with Crippen LogP contribution in [0, 0.1) is 0 Å². The van der Waals surface area contributed by atoms with Gasteiger partial charge in [-0.05, 0) is 40.1 Å². The topological polar surface area (TPSA) is 14.2 Å². The molecule has 0 atom stereocenters. The van der Waals surface area contributed by atoms with Crippen LogP contribution in [-0.4, -0.2) is 19.2 Å². The monoisotopic (exact) mass is 449 g/mol. The molecule has 3 heteroatoms. The van der Waals surface area contributed by atoms with Gasteiger partial charge in [0.2, 0.25) is 0 Å². The van der Waals surface area contributed by atoms with Gasteiger partial charge in [0.25, 0.3) is 0 Å². The molecule has 0 saturated carbocycles.